The zero-order chi connectivity index (χ0) is 22.5. The molecule has 2 atom stereocenters. The Bertz CT molecular complexity index is 1060. The molecular weight excluding hydrogens is 418 g/mol. The average molecular weight is 444 g/mol. The summed E-state index contributed by atoms with van der Waals surface area (Å²) in [7, 11) is 1.63. The number of hydrogen-bond donors (Lipinski definition) is 0. The maximum Gasteiger partial charge on any atom is 0.387 e. The van der Waals surface area contributed by atoms with Gasteiger partial charge < -0.3 is 18.9 Å². The molecule has 5 rings (SSSR count). The minimum Gasteiger partial charge on any atom is -0.493 e. The molecule has 2 aromatic rings. The predicted octanol–water partition coefficient (Wildman–Crippen LogP) is 5.13. The van der Waals surface area contributed by atoms with Crippen molar-refractivity contribution in [3.63, 3.8) is 0 Å². The summed E-state index contributed by atoms with van der Waals surface area (Å²) in [4.78, 5) is 0. The number of fused-ring (bicyclic) bond motifs is 4. The van der Waals surface area contributed by atoms with E-state index in [1.54, 1.807) is 31.4 Å². The van der Waals surface area contributed by atoms with E-state index >= 15 is 0 Å². The van der Waals surface area contributed by atoms with Gasteiger partial charge in [-0.1, -0.05) is 24.3 Å². The number of nitrogens with zero attached hydrogens (tertiary/aromatic N) is 2. The zero-order valence-electron chi connectivity index (χ0n) is 18.3. The molecule has 0 saturated carbocycles. The molecule has 8 heteroatoms. The molecular formula is C24H26F2N2O4. The fraction of sp³-hybridized carbons (Fsp3) is 0.458. The molecule has 1 fully saturated rings. The standard InChI is InChI=1S/C24H26F2N2O4/c1-23(2)14-24(11-12-30-23)28-18(16-8-6-10-20(29-3)21(16)32-24)13-17(27-28)15-7-4-5-9-19(15)31-22(25)26/h4-10,18,22H,11-14H2,1-3H3/t18-,24+/m0/s1. The molecule has 0 aliphatic carbocycles. The quantitative estimate of drug-likeness (QED) is 0.655. The number of benzene rings is 2. The van der Waals surface area contributed by atoms with E-state index in [4.69, 9.17) is 24.0 Å². The molecule has 0 bridgehead atoms. The highest BCUT2D eigenvalue weighted by Crippen LogP contribution is 2.54. The molecule has 1 spiro atoms. The van der Waals surface area contributed by atoms with E-state index in [1.807, 2.05) is 37.1 Å². The van der Waals surface area contributed by atoms with E-state index in [-0.39, 0.29) is 11.8 Å². The Morgan fingerprint density at radius 1 is 1.12 bits per heavy atom. The van der Waals surface area contributed by atoms with Gasteiger partial charge in [-0.3, -0.25) is 0 Å². The first-order valence-corrected chi connectivity index (χ1v) is 10.7. The Balaban J connectivity index is 1.62. The number of halogens is 2. The van der Waals surface area contributed by atoms with Crippen LogP contribution in [0, 0.1) is 0 Å². The number of methoxy groups -OCH3 is 1. The van der Waals surface area contributed by atoms with Crippen LogP contribution in [0.5, 0.6) is 17.2 Å². The van der Waals surface area contributed by atoms with Gasteiger partial charge in [0.1, 0.15) is 5.75 Å². The predicted molar refractivity (Wildman–Crippen MR) is 114 cm³/mol. The maximum absolute atomic E-state index is 13.0. The first-order chi connectivity index (χ1) is 15.3. The third-order valence-electron chi connectivity index (χ3n) is 6.31. The number of alkyl halides is 2. The van der Waals surface area contributed by atoms with Gasteiger partial charge in [0.05, 0.1) is 31.1 Å². The molecule has 0 aromatic heterocycles. The lowest BCUT2D eigenvalue weighted by Crippen LogP contribution is -2.60. The second kappa shape index (κ2) is 7.62. The van der Waals surface area contributed by atoms with Gasteiger partial charge in [0.25, 0.3) is 0 Å². The molecule has 170 valence electrons. The number of hydrazone groups is 1. The normalized spacial score (nSPS) is 25.8. The summed E-state index contributed by atoms with van der Waals surface area (Å²) in [5, 5.41) is 6.96. The lowest BCUT2D eigenvalue weighted by Gasteiger charge is -2.52. The molecule has 6 nitrogen and oxygen atoms in total. The fourth-order valence-corrected chi connectivity index (χ4v) is 5.07. The van der Waals surface area contributed by atoms with Crippen molar-refractivity contribution in [3.05, 3.63) is 53.6 Å². The fourth-order valence-electron chi connectivity index (χ4n) is 5.07. The van der Waals surface area contributed by atoms with E-state index in [2.05, 4.69) is 0 Å². The molecule has 3 aliphatic heterocycles. The van der Waals surface area contributed by atoms with Crippen molar-refractivity contribution in [1.29, 1.82) is 0 Å². The highest BCUT2D eigenvalue weighted by Gasteiger charge is 2.55. The van der Waals surface area contributed by atoms with Crippen LogP contribution in [0.1, 0.15) is 50.3 Å². The topological polar surface area (TPSA) is 52.5 Å². The average Bonchev–Trinajstić information content (AvgIpc) is 3.19. The second-order valence-electron chi connectivity index (χ2n) is 8.95. The molecule has 0 amide bonds. The van der Waals surface area contributed by atoms with Crippen LogP contribution in [0.3, 0.4) is 0 Å². The van der Waals surface area contributed by atoms with Crippen molar-refractivity contribution in [2.75, 3.05) is 13.7 Å². The Morgan fingerprint density at radius 2 is 1.91 bits per heavy atom. The molecule has 0 unspecified atom stereocenters. The molecule has 0 N–H and O–H groups in total. The summed E-state index contributed by atoms with van der Waals surface area (Å²) in [5.74, 6) is 1.50. The number of hydrogen-bond acceptors (Lipinski definition) is 6. The van der Waals surface area contributed by atoms with Gasteiger partial charge in [-0.25, -0.2) is 5.01 Å². The van der Waals surface area contributed by atoms with Crippen molar-refractivity contribution >= 4 is 5.71 Å². The Kier molecular flexibility index (Phi) is 5.00. The van der Waals surface area contributed by atoms with Crippen LogP contribution < -0.4 is 14.2 Å². The van der Waals surface area contributed by atoms with Crippen molar-refractivity contribution in [3.8, 4) is 17.2 Å². The first kappa shape index (κ1) is 21.0. The van der Waals surface area contributed by atoms with E-state index in [0.29, 0.717) is 48.6 Å². The van der Waals surface area contributed by atoms with Crippen molar-refractivity contribution in [2.24, 2.45) is 5.10 Å². The van der Waals surface area contributed by atoms with Gasteiger partial charge in [-0.2, -0.15) is 13.9 Å². The van der Waals surface area contributed by atoms with Gasteiger partial charge in [0, 0.05) is 30.4 Å². The Hall–Kier alpha value is -2.87. The van der Waals surface area contributed by atoms with Gasteiger partial charge >= 0.3 is 6.61 Å². The highest BCUT2D eigenvalue weighted by molar-refractivity contribution is 6.04. The first-order valence-electron chi connectivity index (χ1n) is 10.7. The van der Waals surface area contributed by atoms with Gasteiger partial charge in [0.2, 0.25) is 5.72 Å². The molecule has 3 heterocycles. The molecule has 2 aromatic carbocycles. The smallest absolute Gasteiger partial charge is 0.387 e. The highest BCUT2D eigenvalue weighted by atomic mass is 19.3. The van der Waals surface area contributed by atoms with Crippen LogP contribution >= 0.6 is 0 Å². The minimum absolute atomic E-state index is 0.114. The van der Waals surface area contributed by atoms with Crippen LogP contribution in [0.2, 0.25) is 0 Å². The van der Waals surface area contributed by atoms with Gasteiger partial charge in [0.15, 0.2) is 11.5 Å². The largest absolute Gasteiger partial charge is 0.493 e. The van der Waals surface area contributed by atoms with Crippen LogP contribution in [0.4, 0.5) is 8.78 Å². The molecule has 0 radical (unpaired) electrons. The second-order valence-corrected chi connectivity index (χ2v) is 8.95. The van der Waals surface area contributed by atoms with Crippen LogP contribution in [0.15, 0.2) is 47.6 Å². The monoisotopic (exact) mass is 444 g/mol. The Labute approximate surface area is 185 Å². The third kappa shape index (κ3) is 3.46. The minimum atomic E-state index is -2.91. The molecule has 32 heavy (non-hydrogen) atoms. The summed E-state index contributed by atoms with van der Waals surface area (Å²) in [5.41, 5.74) is 1.08. The van der Waals surface area contributed by atoms with E-state index in [1.165, 1.54) is 0 Å². The summed E-state index contributed by atoms with van der Waals surface area (Å²) < 4.78 is 49.1. The van der Waals surface area contributed by atoms with Gasteiger partial charge in [-0.15, -0.1) is 0 Å². The van der Waals surface area contributed by atoms with Crippen molar-refractivity contribution in [2.45, 2.75) is 57.1 Å². The van der Waals surface area contributed by atoms with Gasteiger partial charge in [-0.05, 0) is 32.0 Å². The SMILES string of the molecule is COc1cccc2c1O[C@@]1(CCOC(C)(C)C1)N1N=C(c3ccccc3OC(F)F)C[C@@H]21. The van der Waals surface area contributed by atoms with E-state index in [9.17, 15) is 8.78 Å². The van der Waals surface area contributed by atoms with E-state index < -0.39 is 17.9 Å². The number of rotatable bonds is 4. The summed E-state index contributed by atoms with van der Waals surface area (Å²) in [6.45, 7) is 1.69. The summed E-state index contributed by atoms with van der Waals surface area (Å²) in [6, 6.07) is 12.5. The van der Waals surface area contributed by atoms with Crippen LogP contribution in [-0.4, -0.2) is 42.4 Å². The zero-order valence-corrected chi connectivity index (χ0v) is 18.3. The Morgan fingerprint density at radius 3 is 2.66 bits per heavy atom. The van der Waals surface area contributed by atoms with E-state index in [0.717, 1.165) is 5.56 Å². The van der Waals surface area contributed by atoms with Crippen LogP contribution in [-0.2, 0) is 4.74 Å². The molecule has 3 aliphatic rings. The van der Waals surface area contributed by atoms with Crippen LogP contribution in [0.25, 0.3) is 0 Å². The number of ether oxygens (including phenoxy) is 4. The summed E-state index contributed by atoms with van der Waals surface area (Å²) in [6.07, 6.45) is 1.76. The summed E-state index contributed by atoms with van der Waals surface area (Å²) >= 11 is 0. The lowest BCUT2D eigenvalue weighted by molar-refractivity contribution is -0.212. The third-order valence-corrected chi connectivity index (χ3v) is 6.31. The lowest BCUT2D eigenvalue weighted by atomic mass is 9.86. The number of para-hydroxylation sites is 2. The van der Waals surface area contributed by atoms with Crippen molar-refractivity contribution in [1.82, 2.24) is 5.01 Å². The molecule has 1 saturated heterocycles. The maximum atomic E-state index is 13.0. The van der Waals surface area contributed by atoms with Crippen molar-refractivity contribution < 1.29 is 27.7 Å².